The lowest BCUT2D eigenvalue weighted by atomic mass is 10.2. The average molecular weight is 317 g/mol. The van der Waals surface area contributed by atoms with Crippen molar-refractivity contribution in [3.05, 3.63) is 23.9 Å². The fourth-order valence-corrected chi connectivity index (χ4v) is 2.88. The van der Waals surface area contributed by atoms with Gasteiger partial charge in [0, 0.05) is 7.11 Å². The maximum Gasteiger partial charge on any atom is 0.322 e. The van der Waals surface area contributed by atoms with E-state index >= 15 is 0 Å². The topological polar surface area (TPSA) is 111 Å². The minimum atomic E-state index is -4.00. The lowest BCUT2D eigenvalue weighted by Crippen LogP contribution is -2.41. The van der Waals surface area contributed by atoms with Crippen LogP contribution >= 0.6 is 0 Å². The summed E-state index contributed by atoms with van der Waals surface area (Å²) < 4.78 is 32.6. The van der Waals surface area contributed by atoms with E-state index in [1.165, 1.54) is 19.4 Å². The number of carbonyl (C=O) groups is 1. The van der Waals surface area contributed by atoms with Gasteiger partial charge in [-0.1, -0.05) is 11.6 Å². The van der Waals surface area contributed by atoms with Crippen LogP contribution < -0.4 is 4.72 Å². The zero-order valence-corrected chi connectivity index (χ0v) is 12.9. The van der Waals surface area contributed by atoms with E-state index < -0.39 is 22.0 Å². The van der Waals surface area contributed by atoms with Crippen molar-refractivity contribution < 1.29 is 23.1 Å². The summed E-state index contributed by atoms with van der Waals surface area (Å²) in [6.45, 7) is 3.57. The monoisotopic (exact) mass is 317 g/mol. The standard InChI is InChI=1S/C12H19N3O5S/c1-9(2)4-5-10(12(16)17)14-21(18,19)11-6-7-13-15(11)8-20-3/h4,6-7,10,14H,5,8H2,1-3H3,(H,16,17). The summed E-state index contributed by atoms with van der Waals surface area (Å²) in [5.74, 6) is -1.24. The molecule has 1 rings (SSSR count). The smallest absolute Gasteiger partial charge is 0.322 e. The number of hydrogen-bond acceptors (Lipinski definition) is 5. The van der Waals surface area contributed by atoms with Crippen molar-refractivity contribution in [3.63, 3.8) is 0 Å². The van der Waals surface area contributed by atoms with Gasteiger partial charge in [0.1, 0.15) is 12.8 Å². The minimum Gasteiger partial charge on any atom is -0.480 e. The third-order valence-corrected chi connectivity index (χ3v) is 4.05. The van der Waals surface area contributed by atoms with Crippen molar-refractivity contribution in [1.82, 2.24) is 14.5 Å². The molecule has 1 aromatic rings. The van der Waals surface area contributed by atoms with Crippen LogP contribution in [-0.4, -0.2) is 42.4 Å². The number of carboxylic acid groups (broad SMARTS) is 1. The van der Waals surface area contributed by atoms with E-state index in [0.717, 1.165) is 10.3 Å². The first-order valence-electron chi connectivity index (χ1n) is 6.17. The van der Waals surface area contributed by atoms with Gasteiger partial charge in [-0.2, -0.15) is 9.82 Å². The number of sulfonamides is 1. The Kier molecular flexibility index (Phi) is 6.06. The Morgan fingerprint density at radius 1 is 1.57 bits per heavy atom. The Morgan fingerprint density at radius 2 is 2.24 bits per heavy atom. The van der Waals surface area contributed by atoms with Crippen LogP contribution in [0.25, 0.3) is 0 Å². The van der Waals surface area contributed by atoms with E-state index in [4.69, 9.17) is 9.84 Å². The van der Waals surface area contributed by atoms with Gasteiger partial charge in [-0.15, -0.1) is 0 Å². The molecule has 0 aliphatic heterocycles. The molecular formula is C12H19N3O5S. The van der Waals surface area contributed by atoms with Crippen molar-refractivity contribution in [2.75, 3.05) is 7.11 Å². The van der Waals surface area contributed by atoms with Crippen LogP contribution in [-0.2, 0) is 26.3 Å². The van der Waals surface area contributed by atoms with Crippen LogP contribution in [0.3, 0.4) is 0 Å². The molecule has 8 nitrogen and oxygen atoms in total. The van der Waals surface area contributed by atoms with Gasteiger partial charge in [-0.3, -0.25) is 4.79 Å². The first-order valence-corrected chi connectivity index (χ1v) is 7.65. The number of methoxy groups -OCH3 is 1. The highest BCUT2D eigenvalue weighted by Gasteiger charge is 2.27. The van der Waals surface area contributed by atoms with Crippen molar-refractivity contribution in [1.29, 1.82) is 0 Å². The molecule has 0 bridgehead atoms. The molecule has 2 N–H and O–H groups in total. The van der Waals surface area contributed by atoms with E-state index in [1.807, 2.05) is 0 Å². The van der Waals surface area contributed by atoms with E-state index in [0.29, 0.717) is 0 Å². The molecule has 0 radical (unpaired) electrons. The summed E-state index contributed by atoms with van der Waals surface area (Å²) in [6, 6.07) is 0.0389. The highest BCUT2D eigenvalue weighted by molar-refractivity contribution is 7.89. The van der Waals surface area contributed by atoms with Gasteiger partial charge in [0.05, 0.1) is 6.20 Å². The SMILES string of the molecule is COCn1nccc1S(=O)(=O)NC(CC=C(C)C)C(=O)O. The number of nitrogens with zero attached hydrogens (tertiary/aromatic N) is 2. The molecule has 0 saturated heterocycles. The molecule has 0 saturated carbocycles. The molecule has 0 fully saturated rings. The van der Waals surface area contributed by atoms with Gasteiger partial charge in [0.25, 0.3) is 10.0 Å². The number of aliphatic carboxylic acids is 1. The molecular weight excluding hydrogens is 298 g/mol. The number of hydrogen-bond donors (Lipinski definition) is 2. The van der Waals surface area contributed by atoms with Gasteiger partial charge in [0.15, 0.2) is 5.03 Å². The predicted molar refractivity (Wildman–Crippen MR) is 75.0 cm³/mol. The largest absolute Gasteiger partial charge is 0.480 e. The lowest BCUT2D eigenvalue weighted by Gasteiger charge is -2.14. The quantitative estimate of drug-likeness (QED) is 0.678. The molecule has 0 amide bonds. The summed E-state index contributed by atoms with van der Waals surface area (Å²) in [5.41, 5.74) is 0.907. The van der Waals surface area contributed by atoms with Crippen molar-refractivity contribution >= 4 is 16.0 Å². The summed E-state index contributed by atoms with van der Waals surface area (Å²) in [5, 5.41) is 12.8. The first kappa shape index (κ1) is 17.3. The maximum absolute atomic E-state index is 12.2. The Hall–Kier alpha value is -1.71. The zero-order valence-electron chi connectivity index (χ0n) is 12.1. The maximum atomic E-state index is 12.2. The highest BCUT2D eigenvalue weighted by Crippen LogP contribution is 2.10. The summed E-state index contributed by atoms with van der Waals surface area (Å²) in [7, 11) is -2.60. The molecule has 9 heteroatoms. The van der Waals surface area contributed by atoms with Crippen LogP contribution in [0.15, 0.2) is 28.9 Å². The Bertz CT molecular complexity index is 617. The second-order valence-corrected chi connectivity index (χ2v) is 6.28. The molecule has 1 aromatic heterocycles. The molecule has 1 unspecified atom stereocenters. The van der Waals surface area contributed by atoms with Crippen LogP contribution in [0.2, 0.25) is 0 Å². The fourth-order valence-electron chi connectivity index (χ4n) is 1.57. The third-order valence-electron chi connectivity index (χ3n) is 2.56. The summed E-state index contributed by atoms with van der Waals surface area (Å²) in [6.07, 6.45) is 3.03. The van der Waals surface area contributed by atoms with E-state index in [1.54, 1.807) is 19.9 Å². The molecule has 1 heterocycles. The number of aromatic nitrogens is 2. The fraction of sp³-hybridized carbons (Fsp3) is 0.500. The molecule has 21 heavy (non-hydrogen) atoms. The summed E-state index contributed by atoms with van der Waals surface area (Å²) in [4.78, 5) is 11.2. The number of ether oxygens (including phenoxy) is 1. The highest BCUT2D eigenvalue weighted by atomic mass is 32.2. The van der Waals surface area contributed by atoms with Gasteiger partial charge in [0.2, 0.25) is 0 Å². The number of rotatable bonds is 8. The number of carboxylic acids is 1. The predicted octanol–water partition coefficient (Wildman–Crippen LogP) is 0.575. The Balaban J connectivity index is 2.98. The van der Waals surface area contributed by atoms with Crippen molar-refractivity contribution in [3.8, 4) is 0 Å². The molecule has 0 spiro atoms. The normalized spacial score (nSPS) is 12.9. The Labute approximate surface area is 123 Å². The van der Waals surface area contributed by atoms with Gasteiger partial charge >= 0.3 is 5.97 Å². The van der Waals surface area contributed by atoms with Crippen LogP contribution in [0.5, 0.6) is 0 Å². The van der Waals surface area contributed by atoms with Crippen molar-refractivity contribution in [2.45, 2.75) is 38.1 Å². The average Bonchev–Trinajstić information content (AvgIpc) is 2.83. The van der Waals surface area contributed by atoms with E-state index in [9.17, 15) is 13.2 Å². The Morgan fingerprint density at radius 3 is 2.76 bits per heavy atom. The molecule has 1 atom stereocenters. The minimum absolute atomic E-state index is 0.0467. The first-order chi connectivity index (χ1) is 9.77. The zero-order chi connectivity index (χ0) is 16.0. The molecule has 0 aromatic carbocycles. The van der Waals surface area contributed by atoms with Gasteiger partial charge < -0.3 is 9.84 Å². The van der Waals surface area contributed by atoms with Crippen LogP contribution in [0.4, 0.5) is 0 Å². The lowest BCUT2D eigenvalue weighted by molar-refractivity contribution is -0.138. The summed E-state index contributed by atoms with van der Waals surface area (Å²) >= 11 is 0. The number of nitrogens with one attached hydrogen (secondary N) is 1. The van der Waals surface area contributed by atoms with E-state index in [-0.39, 0.29) is 18.2 Å². The molecule has 0 aliphatic rings. The second kappa shape index (κ2) is 7.34. The second-order valence-electron chi connectivity index (χ2n) is 4.62. The van der Waals surface area contributed by atoms with Gasteiger partial charge in [-0.25, -0.2) is 13.1 Å². The number of allylic oxidation sites excluding steroid dienone is 1. The molecule has 118 valence electrons. The van der Waals surface area contributed by atoms with E-state index in [2.05, 4.69) is 9.82 Å². The molecule has 0 aliphatic carbocycles. The van der Waals surface area contributed by atoms with Crippen molar-refractivity contribution in [2.24, 2.45) is 0 Å². The van der Waals surface area contributed by atoms with Crippen LogP contribution in [0.1, 0.15) is 20.3 Å². The van der Waals surface area contributed by atoms with Crippen LogP contribution in [0, 0.1) is 0 Å². The van der Waals surface area contributed by atoms with Gasteiger partial charge in [-0.05, 0) is 26.3 Å². The third kappa shape index (κ3) is 4.96.